The van der Waals surface area contributed by atoms with Crippen LogP contribution in [0.25, 0.3) is 0 Å². The third kappa shape index (κ3) is 3.15. The highest BCUT2D eigenvalue weighted by Gasteiger charge is 2.25. The number of nitro benzene ring substituents is 1. The first kappa shape index (κ1) is 16.1. The molecule has 0 bridgehead atoms. The number of hydrogen-bond donors (Lipinski definition) is 0. The van der Waals surface area contributed by atoms with Gasteiger partial charge in [-0.15, -0.1) is 0 Å². The van der Waals surface area contributed by atoms with Crippen molar-refractivity contribution in [3.8, 4) is 0 Å². The number of anilines is 1. The van der Waals surface area contributed by atoms with Crippen LogP contribution in [0.2, 0.25) is 5.02 Å². The lowest BCUT2D eigenvalue weighted by Gasteiger charge is -2.18. The normalized spacial score (nSPS) is 11.2. The highest BCUT2D eigenvalue weighted by Crippen LogP contribution is 2.25. The molecule has 0 unspecified atom stereocenters. The molecule has 7 nitrogen and oxygen atoms in total. The van der Waals surface area contributed by atoms with Gasteiger partial charge in [0.2, 0.25) is 0 Å². The van der Waals surface area contributed by atoms with Gasteiger partial charge in [0.1, 0.15) is 11.6 Å². The van der Waals surface area contributed by atoms with Gasteiger partial charge in [-0.25, -0.2) is 17.8 Å². The second kappa shape index (κ2) is 5.85. The van der Waals surface area contributed by atoms with Gasteiger partial charge in [0.15, 0.2) is 0 Å². The zero-order valence-electron chi connectivity index (χ0n) is 11.1. The lowest BCUT2D eigenvalue weighted by molar-refractivity contribution is -0.385. The van der Waals surface area contributed by atoms with Crippen molar-refractivity contribution < 1.29 is 17.7 Å². The first-order valence-corrected chi connectivity index (χ1v) is 7.59. The molecule has 0 saturated carbocycles. The summed E-state index contributed by atoms with van der Waals surface area (Å²) in [6, 6.07) is 4.91. The van der Waals surface area contributed by atoms with Crippen molar-refractivity contribution >= 4 is 33.1 Å². The molecule has 0 radical (unpaired) electrons. The third-order valence-corrected chi connectivity index (χ3v) is 4.72. The molecule has 0 N–H and O–H groups in total. The lowest BCUT2D eigenvalue weighted by atomic mass is 10.3. The van der Waals surface area contributed by atoms with Crippen LogP contribution in [0.1, 0.15) is 0 Å². The van der Waals surface area contributed by atoms with Crippen molar-refractivity contribution in [2.45, 2.75) is 4.90 Å². The Morgan fingerprint density at radius 1 is 1.32 bits per heavy atom. The second-order valence-electron chi connectivity index (χ2n) is 4.21. The van der Waals surface area contributed by atoms with Crippen LogP contribution in [0.15, 0.2) is 41.4 Å². The van der Waals surface area contributed by atoms with Gasteiger partial charge in [0, 0.05) is 19.3 Å². The van der Waals surface area contributed by atoms with Gasteiger partial charge in [-0.2, -0.15) is 0 Å². The Balaban J connectivity index is 2.50. The van der Waals surface area contributed by atoms with Crippen molar-refractivity contribution in [1.29, 1.82) is 0 Å². The molecule has 0 aliphatic carbocycles. The smallest absolute Gasteiger partial charge is 0.258 e. The second-order valence-corrected chi connectivity index (χ2v) is 6.62. The minimum absolute atomic E-state index is 0.0383. The van der Waals surface area contributed by atoms with Crippen molar-refractivity contribution in [2.24, 2.45) is 0 Å². The van der Waals surface area contributed by atoms with E-state index in [-0.39, 0.29) is 5.82 Å². The van der Waals surface area contributed by atoms with Crippen LogP contribution in [-0.4, -0.2) is 25.4 Å². The summed E-state index contributed by atoms with van der Waals surface area (Å²) in [6.45, 7) is 0. The maximum atomic E-state index is 13.4. The Labute approximate surface area is 130 Å². The van der Waals surface area contributed by atoms with E-state index in [9.17, 15) is 22.9 Å². The number of nitro groups is 1. The predicted molar refractivity (Wildman–Crippen MR) is 77.9 cm³/mol. The van der Waals surface area contributed by atoms with Gasteiger partial charge < -0.3 is 0 Å². The number of rotatable bonds is 4. The van der Waals surface area contributed by atoms with Crippen LogP contribution in [0.5, 0.6) is 0 Å². The Morgan fingerprint density at radius 3 is 2.55 bits per heavy atom. The van der Waals surface area contributed by atoms with E-state index >= 15 is 0 Å². The molecule has 0 atom stereocenters. The van der Waals surface area contributed by atoms with Crippen LogP contribution in [0.4, 0.5) is 15.9 Å². The molecule has 0 fully saturated rings. The highest BCUT2D eigenvalue weighted by atomic mass is 35.5. The summed E-state index contributed by atoms with van der Waals surface area (Å²) in [5, 5.41) is 11.0. The fourth-order valence-electron chi connectivity index (χ4n) is 1.64. The highest BCUT2D eigenvalue weighted by molar-refractivity contribution is 7.92. The predicted octanol–water partition coefficient (Wildman–Crippen LogP) is 2.61. The monoisotopic (exact) mass is 345 g/mol. The molecule has 10 heteroatoms. The van der Waals surface area contributed by atoms with Gasteiger partial charge in [0.25, 0.3) is 15.7 Å². The van der Waals surface area contributed by atoms with Gasteiger partial charge in [-0.05, 0) is 18.2 Å². The number of nitrogens with zero attached hydrogens (tertiary/aromatic N) is 3. The molecule has 116 valence electrons. The van der Waals surface area contributed by atoms with Crippen LogP contribution >= 0.6 is 11.6 Å². The molecule has 0 aliphatic heterocycles. The number of non-ortho nitro benzene ring substituents is 1. The quantitative estimate of drug-likeness (QED) is 0.627. The zero-order valence-corrected chi connectivity index (χ0v) is 12.7. The summed E-state index contributed by atoms with van der Waals surface area (Å²) in [5.41, 5.74) is -0.656. The number of sulfonamides is 1. The fraction of sp³-hybridized carbons (Fsp3) is 0.0833. The Morgan fingerprint density at radius 2 is 2.00 bits per heavy atom. The fourth-order valence-corrected chi connectivity index (χ4v) is 2.95. The molecule has 1 aromatic carbocycles. The standard InChI is InChI=1S/C12H9ClFN3O4S/c1-16(12-3-2-8(13)7-15-12)22(20,21)11-5-9(14)4-10(6-11)17(18)19/h2-7H,1H3. The first-order valence-electron chi connectivity index (χ1n) is 5.77. The molecule has 0 saturated heterocycles. The summed E-state index contributed by atoms with van der Waals surface area (Å²) in [5.74, 6) is -0.985. The molecule has 0 amide bonds. The Kier molecular flexibility index (Phi) is 4.29. The van der Waals surface area contributed by atoms with Gasteiger partial charge in [-0.1, -0.05) is 11.6 Å². The Hall–Kier alpha value is -2.26. The van der Waals surface area contributed by atoms with Gasteiger partial charge >= 0.3 is 0 Å². The Bertz CT molecular complexity index is 827. The van der Waals surface area contributed by atoms with Crippen molar-refractivity contribution in [3.05, 3.63) is 57.5 Å². The maximum absolute atomic E-state index is 13.4. The van der Waals surface area contributed by atoms with Crippen molar-refractivity contribution in [2.75, 3.05) is 11.4 Å². The summed E-state index contributed by atoms with van der Waals surface area (Å²) in [7, 11) is -3.00. The van der Waals surface area contributed by atoms with Crippen molar-refractivity contribution in [1.82, 2.24) is 4.98 Å². The number of hydrogen-bond acceptors (Lipinski definition) is 5. The summed E-state index contributed by atoms with van der Waals surface area (Å²) in [6.07, 6.45) is 1.25. The van der Waals surface area contributed by atoms with E-state index in [0.717, 1.165) is 10.4 Å². The molecule has 22 heavy (non-hydrogen) atoms. The minimum atomic E-state index is -4.20. The maximum Gasteiger partial charge on any atom is 0.273 e. The molecule has 2 aromatic rings. The molecule has 0 spiro atoms. The lowest BCUT2D eigenvalue weighted by Crippen LogP contribution is -2.27. The summed E-state index contributed by atoms with van der Waals surface area (Å²) < 4.78 is 39.0. The third-order valence-electron chi connectivity index (χ3n) is 2.76. The first-order chi connectivity index (χ1) is 10.2. The topological polar surface area (TPSA) is 93.4 Å². The van der Waals surface area contributed by atoms with Crippen molar-refractivity contribution in [3.63, 3.8) is 0 Å². The number of aromatic nitrogens is 1. The van der Waals surface area contributed by atoms with Crippen LogP contribution in [0.3, 0.4) is 0 Å². The molecule has 1 aromatic heterocycles. The van der Waals surface area contributed by atoms with E-state index in [0.29, 0.717) is 17.2 Å². The van der Waals surface area contributed by atoms with E-state index in [1.807, 2.05) is 0 Å². The number of pyridine rings is 1. The average molecular weight is 346 g/mol. The van der Waals surface area contributed by atoms with E-state index in [4.69, 9.17) is 11.6 Å². The van der Waals surface area contributed by atoms with E-state index in [1.54, 1.807) is 0 Å². The molecule has 1 heterocycles. The van der Waals surface area contributed by atoms with Crippen LogP contribution in [-0.2, 0) is 10.0 Å². The van der Waals surface area contributed by atoms with Crippen LogP contribution < -0.4 is 4.31 Å². The SMILES string of the molecule is CN(c1ccc(Cl)cn1)S(=O)(=O)c1cc(F)cc([N+](=O)[O-])c1. The average Bonchev–Trinajstić information content (AvgIpc) is 2.46. The molecule has 0 aliphatic rings. The largest absolute Gasteiger partial charge is 0.273 e. The van der Waals surface area contributed by atoms with E-state index < -0.39 is 31.3 Å². The number of halogens is 2. The van der Waals surface area contributed by atoms with Gasteiger partial charge in [-0.3, -0.25) is 14.4 Å². The van der Waals surface area contributed by atoms with Gasteiger partial charge in [0.05, 0.1) is 20.9 Å². The summed E-state index contributed by atoms with van der Waals surface area (Å²) >= 11 is 5.67. The van der Waals surface area contributed by atoms with E-state index in [2.05, 4.69) is 4.98 Å². The number of benzene rings is 1. The molecular formula is C12H9ClFN3O4S. The molecule has 2 rings (SSSR count). The summed E-state index contributed by atoms with van der Waals surface area (Å²) in [4.78, 5) is 13.1. The van der Waals surface area contributed by atoms with Crippen LogP contribution in [0, 0.1) is 15.9 Å². The van der Waals surface area contributed by atoms with E-state index in [1.165, 1.54) is 25.4 Å². The zero-order chi connectivity index (χ0) is 16.5. The minimum Gasteiger partial charge on any atom is -0.258 e. The molecular weight excluding hydrogens is 337 g/mol.